The van der Waals surface area contributed by atoms with Gasteiger partial charge in [0.05, 0.1) is 6.54 Å². The summed E-state index contributed by atoms with van der Waals surface area (Å²) in [6.07, 6.45) is 1.17. The van der Waals surface area contributed by atoms with Crippen molar-refractivity contribution in [3.8, 4) is 0 Å². The first-order valence-corrected chi connectivity index (χ1v) is 10.3. The van der Waals surface area contributed by atoms with Crippen LogP contribution < -0.4 is 16.1 Å². The molecule has 0 amide bonds. The zero-order valence-electron chi connectivity index (χ0n) is 17.2. The second-order valence-corrected chi connectivity index (χ2v) is 8.79. The Kier molecular flexibility index (Phi) is 5.02. The van der Waals surface area contributed by atoms with Crippen molar-refractivity contribution in [2.75, 3.05) is 18.0 Å². The molecule has 3 aromatic rings. The fraction of sp³-hybridized carbons (Fsp3) is 0.476. The van der Waals surface area contributed by atoms with Crippen molar-refractivity contribution in [3.05, 3.63) is 55.7 Å². The van der Waals surface area contributed by atoms with E-state index in [9.17, 15) is 9.59 Å². The topological polar surface area (TPSA) is 65.1 Å². The zero-order chi connectivity index (χ0) is 20.9. The van der Waals surface area contributed by atoms with Crippen molar-refractivity contribution in [1.29, 1.82) is 0 Å². The summed E-state index contributed by atoms with van der Waals surface area (Å²) >= 11 is 6.04. The van der Waals surface area contributed by atoms with Gasteiger partial charge < -0.3 is 4.90 Å². The van der Waals surface area contributed by atoms with Gasteiger partial charge in [-0.1, -0.05) is 37.6 Å². The third kappa shape index (κ3) is 3.48. The number of hydrogen-bond donors (Lipinski definition) is 0. The van der Waals surface area contributed by atoms with Crippen LogP contribution in [0.4, 0.5) is 5.95 Å². The van der Waals surface area contributed by atoms with Crippen molar-refractivity contribution in [2.45, 2.75) is 26.8 Å². The number of nitrogens with zero attached hydrogens (tertiary/aromatic N) is 5. The van der Waals surface area contributed by atoms with E-state index in [-0.39, 0.29) is 11.2 Å². The summed E-state index contributed by atoms with van der Waals surface area (Å²) in [5.41, 5.74) is 1.20. The molecule has 0 spiro atoms. The number of piperidine rings is 1. The van der Waals surface area contributed by atoms with E-state index >= 15 is 0 Å². The first-order chi connectivity index (χ1) is 13.8. The van der Waals surface area contributed by atoms with Crippen LogP contribution in [0.5, 0.6) is 0 Å². The van der Waals surface area contributed by atoms with Gasteiger partial charge in [-0.05, 0) is 36.0 Å². The highest BCUT2D eigenvalue weighted by Crippen LogP contribution is 2.28. The summed E-state index contributed by atoms with van der Waals surface area (Å²) in [4.78, 5) is 32.5. The lowest BCUT2D eigenvalue weighted by Crippen LogP contribution is -2.40. The molecule has 0 N–H and O–H groups in total. The molecule has 2 aromatic heterocycles. The van der Waals surface area contributed by atoms with E-state index in [1.807, 2.05) is 28.8 Å². The summed E-state index contributed by atoms with van der Waals surface area (Å²) in [5.74, 6) is 1.81. The van der Waals surface area contributed by atoms with Gasteiger partial charge in [-0.3, -0.25) is 18.5 Å². The zero-order valence-corrected chi connectivity index (χ0v) is 18.0. The molecule has 2 atom stereocenters. The molecule has 1 aliphatic heterocycles. The molecule has 0 aliphatic carbocycles. The van der Waals surface area contributed by atoms with Gasteiger partial charge in [0, 0.05) is 32.2 Å². The predicted octanol–water partition coefficient (Wildman–Crippen LogP) is 2.62. The van der Waals surface area contributed by atoms with Gasteiger partial charge in [0.1, 0.15) is 0 Å². The van der Waals surface area contributed by atoms with Crippen molar-refractivity contribution in [1.82, 2.24) is 18.7 Å². The molecule has 4 rings (SSSR count). The standard InChI is InChI=1S/C21H26ClN5O2/c1-13-9-14(2)11-26(10-13)20-23-18-17(19(28)25(4)21(29)24(18)3)27(20)12-15-5-7-16(22)8-6-15/h5-8,13-14H,9-12H2,1-4H3/t13-,14-/m0/s1. The molecule has 1 aromatic carbocycles. The van der Waals surface area contributed by atoms with Crippen molar-refractivity contribution >= 4 is 28.7 Å². The Hall–Kier alpha value is -2.54. The Morgan fingerprint density at radius 2 is 1.66 bits per heavy atom. The molecular formula is C21H26ClN5O2. The molecule has 0 unspecified atom stereocenters. The molecule has 8 heteroatoms. The lowest BCUT2D eigenvalue weighted by atomic mass is 9.92. The van der Waals surface area contributed by atoms with Gasteiger partial charge >= 0.3 is 5.69 Å². The van der Waals surface area contributed by atoms with Crippen LogP contribution in [0.25, 0.3) is 11.2 Å². The minimum Gasteiger partial charge on any atom is -0.342 e. The molecule has 29 heavy (non-hydrogen) atoms. The molecule has 0 bridgehead atoms. The van der Waals surface area contributed by atoms with Gasteiger partial charge in [0.15, 0.2) is 11.2 Å². The molecular weight excluding hydrogens is 390 g/mol. The Morgan fingerprint density at radius 1 is 1.03 bits per heavy atom. The SMILES string of the molecule is C[C@H]1C[C@H](C)CN(c2nc3c(c(=O)n(C)c(=O)n3C)n2Cc2ccc(Cl)cc2)C1. The molecule has 1 saturated heterocycles. The molecule has 1 aliphatic rings. The second-order valence-electron chi connectivity index (χ2n) is 8.35. The van der Waals surface area contributed by atoms with Crippen molar-refractivity contribution in [2.24, 2.45) is 25.9 Å². The maximum atomic E-state index is 13.0. The van der Waals surface area contributed by atoms with Gasteiger partial charge in [-0.2, -0.15) is 4.98 Å². The van der Waals surface area contributed by atoms with Crippen molar-refractivity contribution in [3.63, 3.8) is 0 Å². The Morgan fingerprint density at radius 3 is 2.28 bits per heavy atom. The quantitative estimate of drug-likeness (QED) is 0.659. The second kappa shape index (κ2) is 7.37. The van der Waals surface area contributed by atoms with E-state index < -0.39 is 0 Å². The average molecular weight is 416 g/mol. The number of aryl methyl sites for hydroxylation is 1. The van der Waals surface area contributed by atoms with Crippen LogP contribution in [0.3, 0.4) is 0 Å². The molecule has 3 heterocycles. The summed E-state index contributed by atoms with van der Waals surface area (Å²) in [6.45, 7) is 6.72. The van der Waals surface area contributed by atoms with Gasteiger partial charge in [0.2, 0.25) is 5.95 Å². The van der Waals surface area contributed by atoms with Gasteiger partial charge in [-0.15, -0.1) is 0 Å². The summed E-state index contributed by atoms with van der Waals surface area (Å²) in [5, 5.41) is 0.668. The van der Waals surface area contributed by atoms with Crippen LogP contribution in [-0.2, 0) is 20.6 Å². The number of halogens is 1. The third-order valence-corrected chi connectivity index (χ3v) is 5.99. The highest BCUT2D eigenvalue weighted by molar-refractivity contribution is 6.30. The molecule has 0 radical (unpaired) electrons. The largest absolute Gasteiger partial charge is 0.342 e. The normalized spacial score (nSPS) is 19.8. The van der Waals surface area contributed by atoms with E-state index in [0.29, 0.717) is 34.6 Å². The number of anilines is 1. The van der Waals surface area contributed by atoms with E-state index in [1.54, 1.807) is 7.05 Å². The number of imidazole rings is 1. The maximum absolute atomic E-state index is 13.0. The highest BCUT2D eigenvalue weighted by Gasteiger charge is 2.28. The highest BCUT2D eigenvalue weighted by atomic mass is 35.5. The first-order valence-electron chi connectivity index (χ1n) is 9.92. The summed E-state index contributed by atoms with van der Waals surface area (Å²) in [7, 11) is 3.17. The monoisotopic (exact) mass is 415 g/mol. The minimum absolute atomic E-state index is 0.325. The first kappa shape index (κ1) is 19.8. The molecule has 7 nitrogen and oxygen atoms in total. The predicted molar refractivity (Wildman–Crippen MR) is 116 cm³/mol. The van der Waals surface area contributed by atoms with Gasteiger partial charge in [-0.25, -0.2) is 4.79 Å². The minimum atomic E-state index is -0.370. The van der Waals surface area contributed by atoms with E-state index in [0.717, 1.165) is 29.2 Å². The third-order valence-electron chi connectivity index (χ3n) is 5.73. The lowest BCUT2D eigenvalue weighted by molar-refractivity contribution is 0.352. The van der Waals surface area contributed by atoms with Crippen LogP contribution in [0.2, 0.25) is 5.02 Å². The smallest absolute Gasteiger partial charge is 0.332 e. The Bertz CT molecular complexity index is 1160. The molecule has 154 valence electrons. The maximum Gasteiger partial charge on any atom is 0.332 e. The Balaban J connectivity index is 1.95. The summed E-state index contributed by atoms with van der Waals surface area (Å²) < 4.78 is 4.55. The van der Waals surface area contributed by atoms with E-state index in [2.05, 4.69) is 18.7 Å². The number of rotatable bonds is 3. The average Bonchev–Trinajstić information content (AvgIpc) is 3.05. The van der Waals surface area contributed by atoms with E-state index in [1.165, 1.54) is 18.0 Å². The van der Waals surface area contributed by atoms with E-state index in [4.69, 9.17) is 16.6 Å². The lowest BCUT2D eigenvalue weighted by Gasteiger charge is -2.35. The van der Waals surface area contributed by atoms with Crippen LogP contribution >= 0.6 is 11.6 Å². The van der Waals surface area contributed by atoms with Crippen LogP contribution in [0, 0.1) is 11.8 Å². The number of hydrogen-bond acceptors (Lipinski definition) is 4. The van der Waals surface area contributed by atoms with Gasteiger partial charge in [0.25, 0.3) is 5.56 Å². The number of aromatic nitrogens is 4. The summed E-state index contributed by atoms with van der Waals surface area (Å²) in [6, 6.07) is 7.58. The number of benzene rings is 1. The molecule has 1 fully saturated rings. The Labute approximate surface area is 174 Å². The van der Waals surface area contributed by atoms with Crippen LogP contribution in [-0.4, -0.2) is 31.8 Å². The number of fused-ring (bicyclic) bond motifs is 1. The van der Waals surface area contributed by atoms with Crippen molar-refractivity contribution < 1.29 is 0 Å². The van der Waals surface area contributed by atoms with Crippen LogP contribution in [0.15, 0.2) is 33.9 Å². The van der Waals surface area contributed by atoms with Crippen LogP contribution in [0.1, 0.15) is 25.8 Å². The molecule has 0 saturated carbocycles. The fourth-order valence-corrected chi connectivity index (χ4v) is 4.55. The fourth-order valence-electron chi connectivity index (χ4n) is 4.42.